The number of amides is 1. The lowest BCUT2D eigenvalue weighted by Crippen LogP contribution is -2.51. The van der Waals surface area contributed by atoms with Crippen molar-refractivity contribution in [2.24, 2.45) is 29.4 Å². The summed E-state index contributed by atoms with van der Waals surface area (Å²) in [4.78, 5) is 15.9. The van der Waals surface area contributed by atoms with Crippen LogP contribution in [-0.4, -0.2) is 64.8 Å². The Morgan fingerprint density at radius 3 is 2.57 bits per heavy atom. The Bertz CT molecular complexity index is 1600. The molecule has 3 aliphatic heterocycles. The maximum Gasteiger partial charge on any atom is 0.264 e. The quantitative estimate of drug-likeness (QED) is 0.408. The molecule has 1 saturated heterocycles. The van der Waals surface area contributed by atoms with Gasteiger partial charge in [-0.2, -0.15) is 0 Å². The Labute approximate surface area is 283 Å². The first-order chi connectivity index (χ1) is 22.5. The van der Waals surface area contributed by atoms with Gasteiger partial charge in [-0.1, -0.05) is 31.0 Å². The third kappa shape index (κ3) is 6.53. The van der Waals surface area contributed by atoms with Crippen molar-refractivity contribution < 1.29 is 27.4 Å². The fraction of sp³-hybridized carbons (Fsp3) is 0.639. The number of nitrogens with two attached hydrogens (primary N) is 1. The summed E-state index contributed by atoms with van der Waals surface area (Å²) in [5.74, 6) is 0.960. The van der Waals surface area contributed by atoms with Crippen LogP contribution in [0.3, 0.4) is 0 Å². The molecule has 3 N–H and O–H groups in total. The number of halogens is 1. The number of carbonyl (C=O) groups is 1. The first-order valence-corrected chi connectivity index (χ1v) is 19.3. The molecule has 7 rings (SSSR count). The summed E-state index contributed by atoms with van der Waals surface area (Å²) in [6, 6.07) is 11.5. The molecule has 2 aliphatic carbocycles. The van der Waals surface area contributed by atoms with E-state index in [1.54, 1.807) is 13.0 Å². The first-order valence-electron chi connectivity index (χ1n) is 17.4. The lowest BCUT2D eigenvalue weighted by atomic mass is 9.64. The van der Waals surface area contributed by atoms with Gasteiger partial charge >= 0.3 is 0 Å². The van der Waals surface area contributed by atoms with Crippen LogP contribution in [-0.2, 0) is 31.3 Å². The van der Waals surface area contributed by atoms with Gasteiger partial charge in [-0.15, -0.1) is 0 Å². The number of sulfonamides is 1. The van der Waals surface area contributed by atoms with Gasteiger partial charge in [-0.25, -0.2) is 13.1 Å². The second-order valence-electron chi connectivity index (χ2n) is 14.8. The van der Waals surface area contributed by atoms with Crippen LogP contribution in [0.25, 0.3) is 0 Å². The Balaban J connectivity index is 1.28. The van der Waals surface area contributed by atoms with Gasteiger partial charge in [0.25, 0.3) is 5.91 Å². The predicted octanol–water partition coefficient (Wildman–Crippen LogP) is 5.42. The zero-order chi connectivity index (χ0) is 32.9. The van der Waals surface area contributed by atoms with Gasteiger partial charge in [0.1, 0.15) is 5.75 Å². The van der Waals surface area contributed by atoms with Crippen LogP contribution in [0.4, 0.5) is 5.69 Å². The summed E-state index contributed by atoms with van der Waals surface area (Å²) in [5.41, 5.74) is 9.56. The molecule has 1 spiro atoms. The molecule has 0 unspecified atom stereocenters. The zero-order valence-electron chi connectivity index (χ0n) is 27.5. The fourth-order valence-electron chi connectivity index (χ4n) is 8.75. The minimum atomic E-state index is -3.90. The largest absolute Gasteiger partial charge is 0.490 e. The van der Waals surface area contributed by atoms with E-state index in [0.29, 0.717) is 43.0 Å². The normalized spacial score (nSPS) is 35.8. The molecule has 2 aromatic rings. The molecule has 2 aromatic carbocycles. The van der Waals surface area contributed by atoms with Crippen LogP contribution in [0, 0.1) is 23.7 Å². The monoisotopic (exact) mass is 685 g/mol. The molecule has 47 heavy (non-hydrogen) atoms. The van der Waals surface area contributed by atoms with Crippen molar-refractivity contribution in [3.8, 4) is 5.75 Å². The lowest BCUT2D eigenvalue weighted by Gasteiger charge is -2.48. The number of hydrogen-bond acceptors (Lipinski definition) is 8. The van der Waals surface area contributed by atoms with Crippen molar-refractivity contribution in [1.29, 1.82) is 0 Å². The number of carbonyl (C=O) groups excluding carboxylic acids is 1. The minimum absolute atomic E-state index is 0.122. The SMILES string of the molecule is C[C@@H]1[C@@H](C)CCC[C@H](C2OCC(N)CO2)[C@@H]2CC[C@H]2CN2C[C@@]3(CCCc4cc(Cl)ccc43)COc3ccc(cc32)C(=O)NS1(=O)=O. The standard InChI is InChI=1S/C36H48ClN3O6S/c1-22-5-3-7-30(35-44-18-28(38)19-45-35)29-11-8-26(29)17-40-20-36(14-4-6-24-15-27(37)10-12-31(24)36)21-46-33-13-9-25(16-32(33)40)34(41)39-47(42,43)23(22)2/h9-10,12-13,15-16,22-23,26,28-30,35H,3-8,11,14,17-21,38H2,1-2H3,(H,39,41)/t22-,23+,26-,28?,29+,30-,35?,36-/m0/s1. The number of aryl methyl sites for hydroxylation is 1. The number of anilines is 1. The predicted molar refractivity (Wildman–Crippen MR) is 182 cm³/mol. The Morgan fingerprint density at radius 2 is 1.81 bits per heavy atom. The summed E-state index contributed by atoms with van der Waals surface area (Å²) in [6.45, 7) is 6.65. The first kappa shape index (κ1) is 33.1. The van der Waals surface area contributed by atoms with Crippen molar-refractivity contribution >= 4 is 33.2 Å². The second kappa shape index (κ2) is 13.2. The smallest absolute Gasteiger partial charge is 0.264 e. The third-order valence-electron chi connectivity index (χ3n) is 11.8. The van der Waals surface area contributed by atoms with Crippen molar-refractivity contribution in [1.82, 2.24) is 4.72 Å². The van der Waals surface area contributed by atoms with E-state index < -0.39 is 21.2 Å². The molecule has 1 amide bonds. The van der Waals surface area contributed by atoms with Gasteiger partial charge in [0.15, 0.2) is 6.29 Å². The maximum absolute atomic E-state index is 13.5. The fourth-order valence-corrected chi connectivity index (χ4v) is 10.3. The van der Waals surface area contributed by atoms with Crippen LogP contribution in [0.15, 0.2) is 36.4 Å². The number of nitrogens with one attached hydrogen (secondary N) is 1. The summed E-state index contributed by atoms with van der Waals surface area (Å²) in [7, 11) is -3.90. The zero-order valence-corrected chi connectivity index (χ0v) is 29.0. The van der Waals surface area contributed by atoms with Crippen molar-refractivity contribution in [2.75, 3.05) is 37.8 Å². The number of rotatable bonds is 1. The third-order valence-corrected chi connectivity index (χ3v) is 14.0. The van der Waals surface area contributed by atoms with Crippen LogP contribution in [0.2, 0.25) is 5.02 Å². The Kier molecular flexibility index (Phi) is 9.28. The van der Waals surface area contributed by atoms with E-state index in [1.807, 2.05) is 25.1 Å². The van der Waals surface area contributed by atoms with E-state index in [0.717, 1.165) is 75.2 Å². The maximum atomic E-state index is 13.5. The van der Waals surface area contributed by atoms with Gasteiger partial charge < -0.3 is 24.8 Å². The number of ether oxygens (including phenoxy) is 3. The number of hydrogen-bond donors (Lipinski definition) is 2. The van der Waals surface area contributed by atoms with E-state index in [9.17, 15) is 13.2 Å². The van der Waals surface area contributed by atoms with Crippen LogP contribution in [0.1, 0.15) is 80.3 Å². The average molecular weight is 686 g/mol. The molecule has 2 bridgehead atoms. The molecule has 3 heterocycles. The minimum Gasteiger partial charge on any atom is -0.490 e. The molecule has 9 nitrogen and oxygen atoms in total. The Hall–Kier alpha value is -2.37. The Morgan fingerprint density at radius 1 is 1.00 bits per heavy atom. The molecule has 1 saturated carbocycles. The van der Waals surface area contributed by atoms with Crippen LogP contribution >= 0.6 is 11.6 Å². The lowest BCUT2D eigenvalue weighted by molar-refractivity contribution is -0.229. The van der Waals surface area contributed by atoms with Crippen LogP contribution < -0.4 is 20.1 Å². The van der Waals surface area contributed by atoms with E-state index in [4.69, 9.17) is 31.5 Å². The molecule has 0 radical (unpaired) electrons. The van der Waals surface area contributed by atoms with E-state index in [1.165, 1.54) is 11.1 Å². The molecule has 2 fully saturated rings. The van der Waals surface area contributed by atoms with Crippen LogP contribution in [0.5, 0.6) is 5.75 Å². The molecule has 0 aromatic heterocycles. The van der Waals surface area contributed by atoms with Gasteiger partial charge in [-0.3, -0.25) is 4.79 Å². The van der Waals surface area contributed by atoms with Gasteiger partial charge in [0.05, 0.1) is 36.8 Å². The average Bonchev–Trinajstić information content (AvgIpc) is 3.18. The topological polar surface area (TPSA) is 120 Å². The number of nitrogens with zero attached hydrogens (tertiary/aromatic N) is 1. The molecular formula is C36H48ClN3O6S. The van der Waals surface area contributed by atoms with Crippen molar-refractivity contribution in [3.05, 3.63) is 58.1 Å². The van der Waals surface area contributed by atoms with Gasteiger partial charge in [-0.05, 0) is 111 Å². The highest BCUT2D eigenvalue weighted by atomic mass is 35.5. The van der Waals surface area contributed by atoms with Crippen molar-refractivity contribution in [3.63, 3.8) is 0 Å². The van der Waals surface area contributed by atoms with E-state index >= 15 is 0 Å². The molecular weight excluding hydrogens is 638 g/mol. The summed E-state index contributed by atoms with van der Waals surface area (Å²) in [5, 5.41) is 0.0178. The van der Waals surface area contributed by atoms with Gasteiger partial charge in [0.2, 0.25) is 10.0 Å². The van der Waals surface area contributed by atoms with E-state index in [2.05, 4.69) is 21.8 Å². The highest BCUT2D eigenvalue weighted by Crippen LogP contribution is 2.49. The summed E-state index contributed by atoms with van der Waals surface area (Å²) < 4.78 is 48.3. The number of fused-ring (bicyclic) bond motifs is 4. The van der Waals surface area contributed by atoms with Crippen molar-refractivity contribution in [2.45, 2.75) is 88.2 Å². The number of benzene rings is 2. The van der Waals surface area contributed by atoms with Gasteiger partial charge in [0, 0.05) is 35.0 Å². The second-order valence-corrected chi connectivity index (χ2v) is 17.3. The highest BCUT2D eigenvalue weighted by Gasteiger charge is 2.46. The molecule has 6 atom stereocenters. The molecule has 5 aliphatic rings. The molecule has 256 valence electrons. The summed E-state index contributed by atoms with van der Waals surface area (Å²) in [6.07, 6.45) is 7.34. The van der Waals surface area contributed by atoms with E-state index in [-0.39, 0.29) is 29.6 Å². The highest BCUT2D eigenvalue weighted by molar-refractivity contribution is 7.90. The molecule has 11 heteroatoms. The summed E-state index contributed by atoms with van der Waals surface area (Å²) >= 11 is 6.45.